The van der Waals surface area contributed by atoms with Crippen LogP contribution in [0.4, 0.5) is 0 Å². The minimum Gasteiger partial charge on any atom is -0.462 e. The van der Waals surface area contributed by atoms with Crippen LogP contribution >= 0.6 is 0 Å². The highest BCUT2D eigenvalue weighted by molar-refractivity contribution is 6.04. The van der Waals surface area contributed by atoms with E-state index in [-0.39, 0.29) is 0 Å². The van der Waals surface area contributed by atoms with E-state index in [1.54, 1.807) is 36.4 Å². The second-order valence-corrected chi connectivity index (χ2v) is 6.79. The molecule has 150 valence electrons. The molecular formula is C24H20N2O4. The summed E-state index contributed by atoms with van der Waals surface area (Å²) >= 11 is 0. The van der Waals surface area contributed by atoms with E-state index in [0.717, 1.165) is 18.4 Å². The van der Waals surface area contributed by atoms with Gasteiger partial charge in [0.2, 0.25) is 0 Å². The van der Waals surface area contributed by atoms with Gasteiger partial charge in [0.15, 0.2) is 0 Å². The van der Waals surface area contributed by atoms with Crippen molar-refractivity contribution in [1.82, 2.24) is 9.97 Å². The van der Waals surface area contributed by atoms with Crippen molar-refractivity contribution in [1.29, 1.82) is 0 Å². The van der Waals surface area contributed by atoms with Gasteiger partial charge in [0.05, 0.1) is 34.3 Å². The summed E-state index contributed by atoms with van der Waals surface area (Å²) in [4.78, 5) is 33.9. The molecule has 0 amide bonds. The maximum Gasteiger partial charge on any atom is 0.345 e. The van der Waals surface area contributed by atoms with Crippen LogP contribution in [0.2, 0.25) is 0 Å². The van der Waals surface area contributed by atoms with Crippen LogP contribution in [0.3, 0.4) is 0 Å². The lowest BCUT2D eigenvalue weighted by Gasteiger charge is -2.08. The molecule has 0 radical (unpaired) electrons. The summed E-state index contributed by atoms with van der Waals surface area (Å²) in [6.45, 7) is 2.42. The Labute approximate surface area is 173 Å². The monoisotopic (exact) mass is 400 g/mol. The molecule has 6 heteroatoms. The number of hydrogen-bond acceptors (Lipinski definition) is 6. The van der Waals surface area contributed by atoms with Gasteiger partial charge in [-0.2, -0.15) is 0 Å². The molecule has 3 aromatic carbocycles. The standard InChI is InChI=1S/C24H20N2O4/c1-2-3-15-29-23(27)16-11-13-17(14-12-16)30-24(28)18-7-6-10-21-22(18)26-20-9-5-4-8-19(20)25-21/h4-14H,2-3,15H2,1H3. The molecule has 30 heavy (non-hydrogen) atoms. The summed E-state index contributed by atoms with van der Waals surface area (Å²) in [6, 6.07) is 19.0. The summed E-state index contributed by atoms with van der Waals surface area (Å²) in [5.74, 6) is -0.600. The Balaban J connectivity index is 1.54. The number of aromatic nitrogens is 2. The number of carbonyl (C=O) groups excluding carboxylic acids is 2. The second kappa shape index (κ2) is 8.69. The fourth-order valence-corrected chi connectivity index (χ4v) is 3.02. The molecule has 0 N–H and O–H groups in total. The molecule has 1 heterocycles. The highest BCUT2D eigenvalue weighted by atomic mass is 16.5. The Morgan fingerprint density at radius 2 is 1.50 bits per heavy atom. The van der Waals surface area contributed by atoms with Gasteiger partial charge < -0.3 is 9.47 Å². The van der Waals surface area contributed by atoms with Crippen molar-refractivity contribution in [3.05, 3.63) is 77.9 Å². The molecule has 1 aromatic heterocycles. The van der Waals surface area contributed by atoms with Crippen molar-refractivity contribution < 1.29 is 19.1 Å². The third kappa shape index (κ3) is 4.12. The molecule has 0 saturated heterocycles. The number of unbranched alkanes of at least 4 members (excludes halogenated alkanes) is 1. The van der Waals surface area contributed by atoms with E-state index in [9.17, 15) is 9.59 Å². The van der Waals surface area contributed by atoms with Crippen LogP contribution in [-0.2, 0) is 4.74 Å². The number of rotatable bonds is 6. The van der Waals surface area contributed by atoms with Gasteiger partial charge in [0.25, 0.3) is 0 Å². The summed E-state index contributed by atoms with van der Waals surface area (Å²) in [5.41, 5.74) is 3.31. The lowest BCUT2D eigenvalue weighted by Crippen LogP contribution is -2.10. The topological polar surface area (TPSA) is 78.4 Å². The van der Waals surface area contributed by atoms with Crippen molar-refractivity contribution in [2.45, 2.75) is 19.8 Å². The Hall–Kier alpha value is -3.80. The summed E-state index contributed by atoms with van der Waals surface area (Å²) in [7, 11) is 0. The molecular weight excluding hydrogens is 380 g/mol. The summed E-state index contributed by atoms with van der Waals surface area (Å²) < 4.78 is 10.7. The van der Waals surface area contributed by atoms with Crippen LogP contribution in [0.5, 0.6) is 5.75 Å². The molecule has 0 spiro atoms. The van der Waals surface area contributed by atoms with Gasteiger partial charge in [-0.3, -0.25) is 0 Å². The zero-order valence-corrected chi connectivity index (χ0v) is 16.5. The Kier molecular flexibility index (Phi) is 5.66. The molecule has 4 aromatic rings. The third-order valence-corrected chi connectivity index (χ3v) is 4.62. The summed E-state index contributed by atoms with van der Waals surface area (Å²) in [5, 5.41) is 0. The zero-order chi connectivity index (χ0) is 20.9. The molecule has 4 rings (SSSR count). The number of carbonyl (C=O) groups is 2. The number of esters is 2. The van der Waals surface area contributed by atoms with E-state index in [1.807, 2.05) is 37.3 Å². The van der Waals surface area contributed by atoms with Crippen molar-refractivity contribution in [3.8, 4) is 5.75 Å². The predicted molar refractivity (Wildman–Crippen MR) is 114 cm³/mol. The number of hydrogen-bond donors (Lipinski definition) is 0. The lowest BCUT2D eigenvalue weighted by atomic mass is 10.1. The van der Waals surface area contributed by atoms with E-state index >= 15 is 0 Å². The Morgan fingerprint density at radius 1 is 0.800 bits per heavy atom. The van der Waals surface area contributed by atoms with Crippen molar-refractivity contribution in [3.63, 3.8) is 0 Å². The first-order chi connectivity index (χ1) is 14.7. The summed E-state index contributed by atoms with van der Waals surface area (Å²) in [6.07, 6.45) is 1.78. The van der Waals surface area contributed by atoms with E-state index in [2.05, 4.69) is 9.97 Å². The number of ether oxygens (including phenoxy) is 2. The first kappa shape index (κ1) is 19.5. The maximum absolute atomic E-state index is 12.8. The molecule has 0 aliphatic carbocycles. The number of fused-ring (bicyclic) bond motifs is 2. The highest BCUT2D eigenvalue weighted by Crippen LogP contribution is 2.21. The average molecular weight is 400 g/mol. The van der Waals surface area contributed by atoms with Gasteiger partial charge in [-0.1, -0.05) is 31.5 Å². The quantitative estimate of drug-likeness (QED) is 0.197. The van der Waals surface area contributed by atoms with E-state index in [1.165, 1.54) is 0 Å². The van der Waals surface area contributed by atoms with Crippen molar-refractivity contribution in [2.75, 3.05) is 6.61 Å². The maximum atomic E-state index is 12.8. The third-order valence-electron chi connectivity index (χ3n) is 4.62. The molecule has 0 unspecified atom stereocenters. The molecule has 0 fully saturated rings. The molecule has 0 aliphatic heterocycles. The SMILES string of the molecule is CCCCOC(=O)c1ccc(OC(=O)c2cccc3nc4ccccc4nc23)cc1. The largest absolute Gasteiger partial charge is 0.462 e. The highest BCUT2D eigenvalue weighted by Gasteiger charge is 2.16. The molecule has 0 atom stereocenters. The lowest BCUT2D eigenvalue weighted by molar-refractivity contribution is 0.0499. The van der Waals surface area contributed by atoms with Crippen LogP contribution in [0, 0.1) is 0 Å². The van der Waals surface area contributed by atoms with Gasteiger partial charge in [-0.05, 0) is 55.0 Å². The van der Waals surface area contributed by atoms with Crippen molar-refractivity contribution in [2.24, 2.45) is 0 Å². The van der Waals surface area contributed by atoms with E-state index < -0.39 is 11.9 Å². The van der Waals surface area contributed by atoms with Crippen LogP contribution in [0.15, 0.2) is 66.7 Å². The normalized spacial score (nSPS) is 10.8. The Morgan fingerprint density at radius 3 is 2.23 bits per heavy atom. The average Bonchev–Trinajstić information content (AvgIpc) is 2.77. The fraction of sp³-hybridized carbons (Fsp3) is 0.167. The zero-order valence-electron chi connectivity index (χ0n) is 16.5. The van der Waals surface area contributed by atoms with Crippen molar-refractivity contribution >= 4 is 34.0 Å². The second-order valence-electron chi connectivity index (χ2n) is 6.79. The van der Waals surface area contributed by atoms with Crippen LogP contribution in [0.1, 0.15) is 40.5 Å². The number of para-hydroxylation sites is 3. The minimum absolute atomic E-state index is 0.328. The molecule has 0 saturated carbocycles. The minimum atomic E-state index is -0.538. The van der Waals surface area contributed by atoms with Gasteiger partial charge in [0, 0.05) is 0 Å². The fourth-order valence-electron chi connectivity index (χ4n) is 3.02. The molecule has 0 aliphatic rings. The van der Waals surface area contributed by atoms with Crippen LogP contribution < -0.4 is 4.74 Å². The van der Waals surface area contributed by atoms with Crippen LogP contribution in [-0.4, -0.2) is 28.5 Å². The van der Waals surface area contributed by atoms with Gasteiger partial charge in [0.1, 0.15) is 11.3 Å². The number of nitrogens with zero attached hydrogens (tertiary/aromatic N) is 2. The van der Waals surface area contributed by atoms with E-state index in [4.69, 9.17) is 9.47 Å². The van der Waals surface area contributed by atoms with E-state index in [0.29, 0.717) is 40.0 Å². The number of benzene rings is 3. The Bertz CT molecular complexity index is 1220. The van der Waals surface area contributed by atoms with Gasteiger partial charge in [-0.25, -0.2) is 19.6 Å². The first-order valence-electron chi connectivity index (χ1n) is 9.80. The smallest absolute Gasteiger partial charge is 0.345 e. The molecule has 6 nitrogen and oxygen atoms in total. The predicted octanol–water partition coefficient (Wildman–Crippen LogP) is 4.96. The van der Waals surface area contributed by atoms with Crippen LogP contribution in [0.25, 0.3) is 22.1 Å². The first-order valence-corrected chi connectivity index (χ1v) is 9.80. The molecule has 0 bridgehead atoms. The van der Waals surface area contributed by atoms with Gasteiger partial charge >= 0.3 is 11.9 Å². The van der Waals surface area contributed by atoms with Gasteiger partial charge in [-0.15, -0.1) is 0 Å².